The van der Waals surface area contributed by atoms with Gasteiger partial charge in [0.05, 0.1) is 7.11 Å². The van der Waals surface area contributed by atoms with Crippen LogP contribution in [0.5, 0.6) is 5.75 Å². The highest BCUT2D eigenvalue weighted by Crippen LogP contribution is 2.24. The van der Waals surface area contributed by atoms with Crippen molar-refractivity contribution < 1.29 is 9.53 Å². The number of amides is 1. The number of benzene rings is 2. The van der Waals surface area contributed by atoms with Crippen LogP contribution in [0, 0.1) is 6.92 Å². The SMILES string of the molecule is COc1ccc(CNC(=O)c2[nH]c3cc(Cl)ccc3c2C)cc1. The Hall–Kier alpha value is -2.46. The Morgan fingerprint density at radius 3 is 2.65 bits per heavy atom. The molecule has 0 aliphatic heterocycles. The molecule has 0 aliphatic rings. The van der Waals surface area contributed by atoms with Crippen LogP contribution in [0.3, 0.4) is 0 Å². The highest BCUT2D eigenvalue weighted by molar-refractivity contribution is 6.31. The smallest absolute Gasteiger partial charge is 0.268 e. The van der Waals surface area contributed by atoms with E-state index in [1.54, 1.807) is 7.11 Å². The van der Waals surface area contributed by atoms with Crippen molar-refractivity contribution in [3.63, 3.8) is 0 Å². The summed E-state index contributed by atoms with van der Waals surface area (Å²) in [5.74, 6) is 0.661. The molecule has 1 heterocycles. The maximum Gasteiger partial charge on any atom is 0.268 e. The molecule has 0 atom stereocenters. The second kappa shape index (κ2) is 6.34. The van der Waals surface area contributed by atoms with Gasteiger partial charge in [0.1, 0.15) is 11.4 Å². The van der Waals surface area contributed by atoms with Gasteiger partial charge in [0, 0.05) is 22.5 Å². The van der Waals surface area contributed by atoms with Crippen molar-refractivity contribution in [3.8, 4) is 5.75 Å². The van der Waals surface area contributed by atoms with Crippen LogP contribution in [0.4, 0.5) is 0 Å². The molecule has 5 heteroatoms. The van der Waals surface area contributed by atoms with E-state index in [0.717, 1.165) is 27.8 Å². The number of rotatable bonds is 4. The topological polar surface area (TPSA) is 54.1 Å². The predicted octanol–water partition coefficient (Wildman–Crippen LogP) is 4.07. The van der Waals surface area contributed by atoms with Crippen molar-refractivity contribution in [1.29, 1.82) is 0 Å². The number of fused-ring (bicyclic) bond motifs is 1. The predicted molar refractivity (Wildman–Crippen MR) is 92.2 cm³/mol. The first kappa shape index (κ1) is 15.4. The van der Waals surface area contributed by atoms with E-state index in [0.29, 0.717) is 17.3 Å². The number of carbonyl (C=O) groups excluding carboxylic acids is 1. The Labute approximate surface area is 139 Å². The van der Waals surface area contributed by atoms with E-state index in [9.17, 15) is 4.79 Å². The fourth-order valence-corrected chi connectivity index (χ4v) is 2.72. The molecule has 2 aromatic carbocycles. The van der Waals surface area contributed by atoms with Gasteiger partial charge in [0.2, 0.25) is 0 Å². The Balaban J connectivity index is 1.76. The third kappa shape index (κ3) is 3.17. The van der Waals surface area contributed by atoms with Crippen molar-refractivity contribution in [2.24, 2.45) is 0 Å². The van der Waals surface area contributed by atoms with Crippen LogP contribution in [0.15, 0.2) is 42.5 Å². The van der Waals surface area contributed by atoms with Gasteiger partial charge in [0.25, 0.3) is 5.91 Å². The molecule has 0 radical (unpaired) electrons. The van der Waals surface area contributed by atoms with Crippen LogP contribution in [-0.4, -0.2) is 18.0 Å². The number of methoxy groups -OCH3 is 1. The number of halogens is 1. The first-order valence-electron chi connectivity index (χ1n) is 7.27. The summed E-state index contributed by atoms with van der Waals surface area (Å²) in [6, 6.07) is 13.2. The lowest BCUT2D eigenvalue weighted by Crippen LogP contribution is -2.23. The molecule has 0 aliphatic carbocycles. The summed E-state index contributed by atoms with van der Waals surface area (Å²) < 4.78 is 5.12. The molecule has 1 aromatic heterocycles. The van der Waals surface area contributed by atoms with Crippen molar-refractivity contribution in [2.45, 2.75) is 13.5 Å². The average molecular weight is 329 g/mol. The van der Waals surface area contributed by atoms with E-state index in [1.807, 2.05) is 49.4 Å². The summed E-state index contributed by atoms with van der Waals surface area (Å²) in [4.78, 5) is 15.6. The van der Waals surface area contributed by atoms with E-state index in [1.165, 1.54) is 0 Å². The number of hydrogen-bond acceptors (Lipinski definition) is 2. The van der Waals surface area contributed by atoms with Crippen molar-refractivity contribution in [2.75, 3.05) is 7.11 Å². The highest BCUT2D eigenvalue weighted by Gasteiger charge is 2.14. The normalized spacial score (nSPS) is 10.7. The first-order chi connectivity index (χ1) is 11.1. The molecule has 118 valence electrons. The van der Waals surface area contributed by atoms with Gasteiger partial charge in [-0.3, -0.25) is 4.79 Å². The molecular weight excluding hydrogens is 312 g/mol. The van der Waals surface area contributed by atoms with E-state index in [2.05, 4.69) is 10.3 Å². The standard InChI is InChI=1S/C18H17ClN2O2/c1-11-15-8-5-13(19)9-16(15)21-17(11)18(22)20-10-12-3-6-14(23-2)7-4-12/h3-9,21H,10H2,1-2H3,(H,20,22). The molecular formula is C18H17ClN2O2. The molecule has 23 heavy (non-hydrogen) atoms. The van der Waals surface area contributed by atoms with Gasteiger partial charge in [-0.05, 0) is 42.3 Å². The third-order valence-electron chi connectivity index (χ3n) is 3.86. The molecule has 4 nitrogen and oxygen atoms in total. The third-order valence-corrected chi connectivity index (χ3v) is 4.09. The van der Waals surface area contributed by atoms with Gasteiger partial charge in [-0.15, -0.1) is 0 Å². The molecule has 3 rings (SSSR count). The van der Waals surface area contributed by atoms with Crippen LogP contribution in [-0.2, 0) is 6.54 Å². The Kier molecular flexibility index (Phi) is 4.26. The van der Waals surface area contributed by atoms with Crippen molar-refractivity contribution in [3.05, 3.63) is 64.3 Å². The van der Waals surface area contributed by atoms with Crippen LogP contribution in [0.1, 0.15) is 21.6 Å². The fourth-order valence-electron chi connectivity index (χ4n) is 2.55. The lowest BCUT2D eigenvalue weighted by molar-refractivity contribution is 0.0946. The van der Waals surface area contributed by atoms with E-state index in [4.69, 9.17) is 16.3 Å². The number of ether oxygens (including phenoxy) is 1. The monoisotopic (exact) mass is 328 g/mol. The molecule has 0 bridgehead atoms. The van der Waals surface area contributed by atoms with E-state index >= 15 is 0 Å². The zero-order valence-electron chi connectivity index (χ0n) is 12.9. The first-order valence-corrected chi connectivity index (χ1v) is 7.65. The second-order valence-electron chi connectivity index (χ2n) is 5.35. The van der Waals surface area contributed by atoms with Gasteiger partial charge in [-0.25, -0.2) is 0 Å². The molecule has 0 saturated heterocycles. The summed E-state index contributed by atoms with van der Waals surface area (Å²) in [5.41, 5.74) is 3.36. The Bertz CT molecular complexity index is 853. The largest absolute Gasteiger partial charge is 0.497 e. The summed E-state index contributed by atoms with van der Waals surface area (Å²) in [5, 5.41) is 4.57. The maximum absolute atomic E-state index is 12.4. The zero-order valence-corrected chi connectivity index (χ0v) is 13.7. The number of aryl methyl sites for hydroxylation is 1. The zero-order chi connectivity index (χ0) is 16.4. The van der Waals surface area contributed by atoms with Gasteiger partial charge < -0.3 is 15.0 Å². The molecule has 0 saturated carbocycles. The van der Waals surface area contributed by atoms with Crippen molar-refractivity contribution >= 4 is 28.4 Å². The molecule has 2 N–H and O–H groups in total. The second-order valence-corrected chi connectivity index (χ2v) is 5.78. The average Bonchev–Trinajstić information content (AvgIpc) is 2.89. The van der Waals surface area contributed by atoms with Crippen LogP contribution < -0.4 is 10.1 Å². The summed E-state index contributed by atoms with van der Waals surface area (Å²) in [6.45, 7) is 2.38. The lowest BCUT2D eigenvalue weighted by Gasteiger charge is -2.06. The number of H-pyrrole nitrogens is 1. The molecule has 0 spiro atoms. The molecule has 3 aromatic rings. The minimum atomic E-state index is -0.134. The Morgan fingerprint density at radius 1 is 1.22 bits per heavy atom. The number of aromatic nitrogens is 1. The number of aromatic amines is 1. The van der Waals surface area contributed by atoms with Gasteiger partial charge in [-0.2, -0.15) is 0 Å². The van der Waals surface area contributed by atoms with Crippen LogP contribution >= 0.6 is 11.6 Å². The van der Waals surface area contributed by atoms with Gasteiger partial charge >= 0.3 is 0 Å². The number of nitrogens with one attached hydrogen (secondary N) is 2. The molecule has 1 amide bonds. The molecule has 0 fully saturated rings. The quantitative estimate of drug-likeness (QED) is 0.758. The number of hydrogen-bond donors (Lipinski definition) is 2. The summed E-state index contributed by atoms with van der Waals surface area (Å²) in [6.07, 6.45) is 0. The maximum atomic E-state index is 12.4. The number of carbonyl (C=O) groups is 1. The molecule has 0 unspecified atom stereocenters. The van der Waals surface area contributed by atoms with Gasteiger partial charge in [0.15, 0.2) is 0 Å². The van der Waals surface area contributed by atoms with Gasteiger partial charge in [-0.1, -0.05) is 29.8 Å². The minimum Gasteiger partial charge on any atom is -0.497 e. The summed E-state index contributed by atoms with van der Waals surface area (Å²) in [7, 11) is 1.63. The Morgan fingerprint density at radius 2 is 1.96 bits per heavy atom. The minimum absolute atomic E-state index is 0.134. The van der Waals surface area contributed by atoms with Crippen LogP contribution in [0.2, 0.25) is 5.02 Å². The van der Waals surface area contributed by atoms with E-state index in [-0.39, 0.29) is 5.91 Å². The highest BCUT2D eigenvalue weighted by atomic mass is 35.5. The lowest BCUT2D eigenvalue weighted by atomic mass is 10.1. The van der Waals surface area contributed by atoms with Crippen molar-refractivity contribution in [1.82, 2.24) is 10.3 Å². The fraction of sp³-hybridized carbons (Fsp3) is 0.167. The summed E-state index contributed by atoms with van der Waals surface area (Å²) >= 11 is 5.99. The van der Waals surface area contributed by atoms with Crippen LogP contribution in [0.25, 0.3) is 10.9 Å². The van der Waals surface area contributed by atoms with E-state index < -0.39 is 0 Å².